The van der Waals surface area contributed by atoms with Crippen LogP contribution in [-0.2, 0) is 0 Å². The number of hydrogen-bond donors (Lipinski definition) is 1. The minimum absolute atomic E-state index is 0.351. The van der Waals surface area contributed by atoms with Crippen molar-refractivity contribution in [2.75, 3.05) is 0 Å². The molecule has 20 heavy (non-hydrogen) atoms. The Bertz CT molecular complexity index is 591. The maximum atomic E-state index is 10.8. The van der Waals surface area contributed by atoms with Crippen molar-refractivity contribution in [3.05, 3.63) is 41.0 Å². The summed E-state index contributed by atoms with van der Waals surface area (Å²) < 4.78 is 0. The molecule has 1 fully saturated rings. The summed E-state index contributed by atoms with van der Waals surface area (Å²) in [6, 6.07) is 7.66. The quantitative estimate of drug-likeness (QED) is 0.798. The van der Waals surface area contributed by atoms with Crippen molar-refractivity contribution in [2.24, 2.45) is 5.92 Å². The maximum Gasteiger partial charge on any atom is 0.0839 e. The van der Waals surface area contributed by atoms with E-state index in [0.29, 0.717) is 10.9 Å². The van der Waals surface area contributed by atoms with Gasteiger partial charge in [0.15, 0.2) is 0 Å². The summed E-state index contributed by atoms with van der Waals surface area (Å²) in [6.07, 6.45) is 8.59. The van der Waals surface area contributed by atoms with Crippen molar-refractivity contribution in [1.82, 2.24) is 4.98 Å². The number of aliphatic hydroxyl groups excluding tert-OH is 1. The van der Waals surface area contributed by atoms with Crippen LogP contribution in [-0.4, -0.2) is 10.1 Å². The van der Waals surface area contributed by atoms with E-state index in [9.17, 15) is 5.11 Å². The molecule has 2 nitrogen and oxygen atoms in total. The molecule has 1 saturated carbocycles. The van der Waals surface area contributed by atoms with Crippen LogP contribution in [0, 0.1) is 5.92 Å². The van der Waals surface area contributed by atoms with Crippen LogP contribution >= 0.6 is 11.6 Å². The van der Waals surface area contributed by atoms with Crippen molar-refractivity contribution in [2.45, 2.75) is 44.6 Å². The Kier molecular flexibility index (Phi) is 4.23. The molecular weight excluding hydrogens is 270 g/mol. The lowest BCUT2D eigenvalue weighted by molar-refractivity contribution is 0.0999. The Labute approximate surface area is 124 Å². The lowest BCUT2D eigenvalue weighted by Gasteiger charge is -2.22. The Morgan fingerprint density at radius 1 is 1.10 bits per heavy atom. The number of nitrogens with zero attached hydrogens (tertiary/aromatic N) is 1. The predicted octanol–water partition coefficient (Wildman–Crippen LogP) is 4.89. The van der Waals surface area contributed by atoms with Crippen molar-refractivity contribution >= 4 is 22.5 Å². The van der Waals surface area contributed by atoms with Gasteiger partial charge < -0.3 is 5.11 Å². The zero-order chi connectivity index (χ0) is 13.9. The van der Waals surface area contributed by atoms with Gasteiger partial charge in [0.2, 0.25) is 0 Å². The maximum absolute atomic E-state index is 10.8. The van der Waals surface area contributed by atoms with E-state index >= 15 is 0 Å². The van der Waals surface area contributed by atoms with Crippen LogP contribution in [0.2, 0.25) is 5.02 Å². The second-order valence-corrected chi connectivity index (χ2v) is 6.14. The normalized spacial score (nSPS) is 18.9. The molecular formula is C17H20ClNO. The van der Waals surface area contributed by atoms with Gasteiger partial charge in [-0.1, -0.05) is 43.4 Å². The molecule has 1 aliphatic carbocycles. The summed E-state index contributed by atoms with van der Waals surface area (Å²) >= 11 is 6.22. The highest BCUT2D eigenvalue weighted by molar-refractivity contribution is 6.35. The molecule has 1 N–H and O–H groups in total. The molecule has 1 aromatic heterocycles. The summed E-state index contributed by atoms with van der Waals surface area (Å²) in [5.74, 6) is 0.351. The topological polar surface area (TPSA) is 33.1 Å². The first-order valence-corrected chi connectivity index (χ1v) is 7.86. The molecule has 1 heterocycles. The van der Waals surface area contributed by atoms with E-state index in [4.69, 9.17) is 11.6 Å². The molecule has 1 unspecified atom stereocenters. The van der Waals surface area contributed by atoms with E-state index in [-0.39, 0.29) is 0 Å². The van der Waals surface area contributed by atoms with E-state index in [2.05, 4.69) is 4.98 Å². The molecule has 0 bridgehead atoms. The van der Waals surface area contributed by atoms with Gasteiger partial charge in [-0.25, -0.2) is 0 Å². The Morgan fingerprint density at radius 3 is 2.60 bits per heavy atom. The molecule has 0 amide bonds. The zero-order valence-electron chi connectivity index (χ0n) is 11.6. The Morgan fingerprint density at radius 2 is 1.85 bits per heavy atom. The minimum Gasteiger partial charge on any atom is -0.388 e. The van der Waals surface area contributed by atoms with Gasteiger partial charge in [-0.05, 0) is 37.0 Å². The molecule has 0 aliphatic heterocycles. The molecule has 106 valence electrons. The number of aromatic nitrogens is 1. The van der Waals surface area contributed by atoms with E-state index in [1.807, 2.05) is 24.3 Å². The summed E-state index contributed by atoms with van der Waals surface area (Å²) in [5, 5.41) is 12.4. The average Bonchev–Trinajstić information content (AvgIpc) is 2.76. The molecule has 1 atom stereocenters. The third-order valence-electron chi connectivity index (χ3n) is 4.41. The third kappa shape index (κ3) is 2.68. The highest BCUT2D eigenvalue weighted by Gasteiger charge is 2.24. The fourth-order valence-electron chi connectivity index (χ4n) is 3.28. The van der Waals surface area contributed by atoms with E-state index in [1.165, 1.54) is 25.7 Å². The number of halogens is 1. The standard InChI is InChI=1S/C17H20ClNO/c18-15-10-9-14(16-13(15)8-5-11-19-16)17(20)12-6-3-1-2-4-7-12/h5,8-12,17,20H,1-4,6-7H2. The van der Waals surface area contributed by atoms with E-state index in [1.54, 1.807) is 6.20 Å². The first kappa shape index (κ1) is 13.8. The fraction of sp³-hybridized carbons (Fsp3) is 0.471. The van der Waals surface area contributed by atoms with Gasteiger partial charge in [-0.2, -0.15) is 0 Å². The van der Waals surface area contributed by atoms with Gasteiger partial charge in [0.25, 0.3) is 0 Å². The van der Waals surface area contributed by atoms with E-state index in [0.717, 1.165) is 29.3 Å². The SMILES string of the molecule is OC(c1ccc(Cl)c2cccnc12)C1CCCCCC1. The zero-order valence-corrected chi connectivity index (χ0v) is 12.3. The first-order chi connectivity index (χ1) is 9.77. The van der Waals surface area contributed by atoms with Crippen LogP contribution < -0.4 is 0 Å². The van der Waals surface area contributed by atoms with Crippen molar-refractivity contribution in [3.8, 4) is 0 Å². The van der Waals surface area contributed by atoms with Gasteiger partial charge in [0.1, 0.15) is 0 Å². The van der Waals surface area contributed by atoms with Crippen LogP contribution in [0.15, 0.2) is 30.5 Å². The van der Waals surface area contributed by atoms with Gasteiger partial charge in [0, 0.05) is 22.2 Å². The molecule has 0 saturated heterocycles. The smallest absolute Gasteiger partial charge is 0.0839 e. The van der Waals surface area contributed by atoms with Gasteiger partial charge in [-0.15, -0.1) is 0 Å². The van der Waals surface area contributed by atoms with Crippen molar-refractivity contribution in [1.29, 1.82) is 0 Å². The molecule has 1 aromatic carbocycles. The summed E-state index contributed by atoms with van der Waals surface area (Å²) in [4.78, 5) is 4.44. The van der Waals surface area contributed by atoms with Crippen LogP contribution in [0.4, 0.5) is 0 Å². The average molecular weight is 290 g/mol. The number of rotatable bonds is 2. The van der Waals surface area contributed by atoms with Gasteiger partial charge in [0.05, 0.1) is 11.6 Å². The highest BCUT2D eigenvalue weighted by Crippen LogP contribution is 2.37. The predicted molar refractivity (Wildman–Crippen MR) is 82.9 cm³/mol. The Balaban J connectivity index is 1.98. The summed E-state index contributed by atoms with van der Waals surface area (Å²) in [7, 11) is 0. The number of pyridine rings is 1. The Hall–Kier alpha value is -1.12. The summed E-state index contributed by atoms with van der Waals surface area (Å²) in [5.41, 5.74) is 1.77. The van der Waals surface area contributed by atoms with Crippen molar-refractivity contribution in [3.63, 3.8) is 0 Å². The highest BCUT2D eigenvalue weighted by atomic mass is 35.5. The number of benzene rings is 1. The van der Waals surface area contributed by atoms with Crippen LogP contribution in [0.3, 0.4) is 0 Å². The second kappa shape index (κ2) is 6.11. The second-order valence-electron chi connectivity index (χ2n) is 5.73. The number of fused-ring (bicyclic) bond motifs is 1. The lowest BCUT2D eigenvalue weighted by Crippen LogP contribution is -2.12. The van der Waals surface area contributed by atoms with E-state index < -0.39 is 6.10 Å². The fourth-order valence-corrected chi connectivity index (χ4v) is 3.49. The summed E-state index contributed by atoms with van der Waals surface area (Å²) in [6.45, 7) is 0. The molecule has 0 spiro atoms. The minimum atomic E-state index is -0.428. The molecule has 1 aliphatic rings. The molecule has 2 aromatic rings. The molecule has 0 radical (unpaired) electrons. The van der Waals surface area contributed by atoms with Gasteiger partial charge in [-0.3, -0.25) is 4.98 Å². The number of aliphatic hydroxyl groups is 1. The molecule has 3 heteroatoms. The third-order valence-corrected chi connectivity index (χ3v) is 4.74. The van der Waals surface area contributed by atoms with Crippen LogP contribution in [0.25, 0.3) is 10.9 Å². The lowest BCUT2D eigenvalue weighted by atomic mass is 9.88. The number of hydrogen-bond acceptors (Lipinski definition) is 2. The van der Waals surface area contributed by atoms with Crippen molar-refractivity contribution < 1.29 is 5.11 Å². The van der Waals surface area contributed by atoms with Gasteiger partial charge >= 0.3 is 0 Å². The monoisotopic (exact) mass is 289 g/mol. The van der Waals surface area contributed by atoms with Crippen LogP contribution in [0.1, 0.15) is 50.2 Å². The van der Waals surface area contributed by atoms with Crippen LogP contribution in [0.5, 0.6) is 0 Å². The largest absolute Gasteiger partial charge is 0.388 e. The molecule has 3 rings (SSSR count). The first-order valence-electron chi connectivity index (χ1n) is 7.48.